The van der Waals surface area contributed by atoms with Gasteiger partial charge >= 0.3 is 0 Å². The summed E-state index contributed by atoms with van der Waals surface area (Å²) in [5, 5.41) is 0. The molecule has 0 spiro atoms. The third-order valence-corrected chi connectivity index (χ3v) is 7.11. The molecule has 0 aromatic carbocycles. The highest BCUT2D eigenvalue weighted by atomic mass is 32.2. The molecule has 1 aromatic rings. The monoisotopic (exact) mass is 365 g/mol. The molecule has 2 saturated heterocycles. The van der Waals surface area contributed by atoms with Gasteiger partial charge in [0.2, 0.25) is 0 Å². The number of likely N-dealkylation sites (tertiary alicyclic amines) is 1. The van der Waals surface area contributed by atoms with Crippen molar-refractivity contribution in [3.63, 3.8) is 0 Å². The molecule has 3 heterocycles. The quantitative estimate of drug-likeness (QED) is 0.816. The van der Waals surface area contributed by atoms with E-state index >= 15 is 0 Å². The summed E-state index contributed by atoms with van der Waals surface area (Å²) in [5.41, 5.74) is 1.35. The van der Waals surface area contributed by atoms with E-state index in [-0.39, 0.29) is 23.5 Å². The van der Waals surface area contributed by atoms with Crippen LogP contribution in [0, 0.1) is 5.92 Å². The minimum atomic E-state index is -2.92. The Kier molecular flexibility index (Phi) is 5.32. The lowest BCUT2D eigenvalue weighted by Gasteiger charge is -2.31. The Labute approximate surface area is 150 Å². The van der Waals surface area contributed by atoms with Crippen molar-refractivity contribution < 1.29 is 13.2 Å². The van der Waals surface area contributed by atoms with Crippen LogP contribution < -0.4 is 4.90 Å². The molecule has 25 heavy (non-hydrogen) atoms. The van der Waals surface area contributed by atoms with Crippen molar-refractivity contribution in [2.24, 2.45) is 5.92 Å². The van der Waals surface area contributed by atoms with Crippen LogP contribution >= 0.6 is 0 Å². The number of anilines is 1. The van der Waals surface area contributed by atoms with Crippen LogP contribution in [-0.2, 0) is 9.84 Å². The zero-order valence-corrected chi connectivity index (χ0v) is 15.8. The second-order valence-corrected chi connectivity index (χ2v) is 9.45. The van der Waals surface area contributed by atoms with Crippen LogP contribution in [0.25, 0.3) is 0 Å². The lowest BCUT2D eigenvalue weighted by atomic mass is 9.99. The molecule has 1 aromatic heterocycles. The molecular weight excluding hydrogens is 338 g/mol. The van der Waals surface area contributed by atoms with Crippen molar-refractivity contribution in [3.05, 3.63) is 24.0 Å². The maximum atomic E-state index is 12.6. The summed E-state index contributed by atoms with van der Waals surface area (Å²) in [7, 11) is -2.92. The molecule has 7 heteroatoms. The van der Waals surface area contributed by atoms with E-state index in [1.165, 1.54) is 0 Å². The molecule has 0 N–H and O–H groups in total. The molecule has 1 unspecified atom stereocenters. The third kappa shape index (κ3) is 4.14. The van der Waals surface area contributed by atoms with Crippen LogP contribution in [0.15, 0.2) is 18.3 Å². The molecule has 6 nitrogen and oxygen atoms in total. The number of hydrogen-bond acceptors (Lipinski definition) is 5. The summed E-state index contributed by atoms with van der Waals surface area (Å²) in [6.07, 6.45) is 4.45. The molecule has 1 atom stereocenters. The first-order chi connectivity index (χ1) is 11.9. The molecular formula is C18H27N3O3S. The van der Waals surface area contributed by atoms with E-state index in [2.05, 4.69) is 16.8 Å². The van der Waals surface area contributed by atoms with E-state index in [0.29, 0.717) is 18.0 Å². The standard InChI is InChI=1S/C18H27N3O3S/c1-3-21(16-8-11-25(23,24)13-16)15-4-5-17(19-12-15)18(22)20-9-6-14(2)7-10-20/h4-5,12,14,16H,3,6-11,13H2,1-2H3. The smallest absolute Gasteiger partial charge is 0.272 e. The number of aromatic nitrogens is 1. The number of rotatable bonds is 4. The van der Waals surface area contributed by atoms with Gasteiger partial charge in [0.25, 0.3) is 5.91 Å². The molecule has 1 amide bonds. The average molecular weight is 365 g/mol. The number of carbonyl (C=O) groups excluding carboxylic acids is 1. The van der Waals surface area contributed by atoms with E-state index < -0.39 is 9.84 Å². The number of hydrogen-bond donors (Lipinski definition) is 0. The molecule has 2 fully saturated rings. The van der Waals surface area contributed by atoms with Crippen molar-refractivity contribution in [2.45, 2.75) is 39.2 Å². The number of piperidine rings is 1. The maximum Gasteiger partial charge on any atom is 0.272 e. The van der Waals surface area contributed by atoms with E-state index in [1.807, 2.05) is 17.9 Å². The molecule has 2 aliphatic rings. The van der Waals surface area contributed by atoms with Gasteiger partial charge in [0.05, 0.1) is 23.4 Å². The van der Waals surface area contributed by atoms with Crippen molar-refractivity contribution in [1.29, 1.82) is 0 Å². The summed E-state index contributed by atoms with van der Waals surface area (Å²) in [6, 6.07) is 3.66. The highest BCUT2D eigenvalue weighted by Gasteiger charge is 2.32. The van der Waals surface area contributed by atoms with Gasteiger partial charge in [-0.15, -0.1) is 0 Å². The van der Waals surface area contributed by atoms with Crippen LogP contribution in [-0.4, -0.2) is 61.4 Å². The van der Waals surface area contributed by atoms with E-state index in [9.17, 15) is 13.2 Å². The first-order valence-corrected chi connectivity index (χ1v) is 10.9. The normalized spacial score (nSPS) is 23.6. The lowest BCUT2D eigenvalue weighted by Crippen LogP contribution is -2.38. The first-order valence-electron chi connectivity index (χ1n) is 9.12. The number of carbonyl (C=O) groups is 1. The molecule has 0 radical (unpaired) electrons. The van der Waals surface area contributed by atoms with Gasteiger partial charge in [0.15, 0.2) is 9.84 Å². The Morgan fingerprint density at radius 1 is 1.28 bits per heavy atom. The fourth-order valence-electron chi connectivity index (χ4n) is 3.73. The highest BCUT2D eigenvalue weighted by molar-refractivity contribution is 7.91. The van der Waals surface area contributed by atoms with Crippen molar-refractivity contribution in [3.8, 4) is 0 Å². The average Bonchev–Trinajstić information content (AvgIpc) is 2.96. The second kappa shape index (κ2) is 7.32. The van der Waals surface area contributed by atoms with Gasteiger partial charge in [-0.05, 0) is 44.2 Å². The summed E-state index contributed by atoms with van der Waals surface area (Å²) < 4.78 is 23.5. The fraction of sp³-hybridized carbons (Fsp3) is 0.667. The predicted molar refractivity (Wildman–Crippen MR) is 98.6 cm³/mol. The summed E-state index contributed by atoms with van der Waals surface area (Å²) in [6.45, 7) is 6.55. The van der Waals surface area contributed by atoms with E-state index in [1.54, 1.807) is 12.3 Å². The summed E-state index contributed by atoms with van der Waals surface area (Å²) >= 11 is 0. The topological polar surface area (TPSA) is 70.6 Å². The van der Waals surface area contributed by atoms with Gasteiger partial charge < -0.3 is 9.80 Å². The number of pyridine rings is 1. The summed E-state index contributed by atoms with van der Waals surface area (Å²) in [5.74, 6) is 1.13. The van der Waals surface area contributed by atoms with Gasteiger partial charge in [0.1, 0.15) is 5.69 Å². The molecule has 138 valence electrons. The Morgan fingerprint density at radius 3 is 2.52 bits per heavy atom. The second-order valence-electron chi connectivity index (χ2n) is 7.22. The largest absolute Gasteiger partial charge is 0.367 e. The van der Waals surface area contributed by atoms with Crippen LogP contribution in [0.5, 0.6) is 0 Å². The van der Waals surface area contributed by atoms with Crippen molar-refractivity contribution >= 4 is 21.4 Å². The number of sulfone groups is 1. The Balaban J connectivity index is 1.69. The molecule has 0 saturated carbocycles. The highest BCUT2D eigenvalue weighted by Crippen LogP contribution is 2.24. The zero-order valence-electron chi connectivity index (χ0n) is 15.0. The Morgan fingerprint density at radius 2 is 2.00 bits per heavy atom. The van der Waals surface area contributed by atoms with E-state index in [0.717, 1.165) is 38.2 Å². The van der Waals surface area contributed by atoms with E-state index in [4.69, 9.17) is 0 Å². The van der Waals surface area contributed by atoms with Gasteiger partial charge in [-0.1, -0.05) is 6.92 Å². The Hall–Kier alpha value is -1.63. The van der Waals surface area contributed by atoms with Crippen LogP contribution in [0.2, 0.25) is 0 Å². The SMILES string of the molecule is CCN(c1ccc(C(=O)N2CCC(C)CC2)nc1)C1CCS(=O)(=O)C1. The minimum Gasteiger partial charge on any atom is -0.367 e. The van der Waals surface area contributed by atoms with Gasteiger partial charge in [0, 0.05) is 25.7 Å². The van der Waals surface area contributed by atoms with Gasteiger partial charge in [-0.25, -0.2) is 13.4 Å². The Bertz CT molecular complexity index is 710. The maximum absolute atomic E-state index is 12.6. The first kappa shape index (κ1) is 18.2. The number of amides is 1. The molecule has 3 rings (SSSR count). The predicted octanol–water partition coefficient (Wildman–Crippen LogP) is 1.97. The van der Waals surface area contributed by atoms with Crippen LogP contribution in [0.3, 0.4) is 0 Å². The van der Waals surface area contributed by atoms with Gasteiger partial charge in [-0.2, -0.15) is 0 Å². The van der Waals surface area contributed by atoms with Crippen LogP contribution in [0.4, 0.5) is 5.69 Å². The van der Waals surface area contributed by atoms with Crippen molar-refractivity contribution in [2.75, 3.05) is 36.0 Å². The number of nitrogens with zero attached hydrogens (tertiary/aromatic N) is 3. The molecule has 0 aliphatic carbocycles. The fourth-order valence-corrected chi connectivity index (χ4v) is 5.46. The van der Waals surface area contributed by atoms with Gasteiger partial charge in [-0.3, -0.25) is 4.79 Å². The molecule has 0 bridgehead atoms. The minimum absolute atomic E-state index is 0.00179. The van der Waals surface area contributed by atoms with Crippen molar-refractivity contribution in [1.82, 2.24) is 9.88 Å². The zero-order chi connectivity index (χ0) is 18.0. The lowest BCUT2D eigenvalue weighted by molar-refractivity contribution is 0.0691. The van der Waals surface area contributed by atoms with Crippen LogP contribution in [0.1, 0.15) is 43.6 Å². The summed E-state index contributed by atoms with van der Waals surface area (Å²) in [4.78, 5) is 20.9. The molecule has 2 aliphatic heterocycles. The third-order valence-electron chi connectivity index (χ3n) is 5.36.